The Morgan fingerprint density at radius 2 is 2.20 bits per heavy atom. The summed E-state index contributed by atoms with van der Waals surface area (Å²) in [5.41, 5.74) is 1.36. The fourth-order valence-electron chi connectivity index (χ4n) is 1.98. The average molecular weight is 292 g/mol. The van der Waals surface area contributed by atoms with E-state index in [1.165, 1.54) is 7.11 Å². The second kappa shape index (κ2) is 6.39. The summed E-state index contributed by atoms with van der Waals surface area (Å²) >= 11 is 6.05. The lowest BCUT2D eigenvalue weighted by Gasteiger charge is -2.14. The van der Waals surface area contributed by atoms with Crippen LogP contribution in [-0.2, 0) is 11.2 Å². The van der Waals surface area contributed by atoms with Gasteiger partial charge >= 0.3 is 5.97 Å². The second-order valence-corrected chi connectivity index (χ2v) is 4.72. The summed E-state index contributed by atoms with van der Waals surface area (Å²) in [6.07, 6.45) is 1.97. The van der Waals surface area contributed by atoms with Crippen LogP contribution < -0.4 is 4.74 Å². The number of hydrogen-bond donors (Lipinski definition) is 1. The molecule has 0 fully saturated rings. The molecule has 5 heteroatoms. The van der Waals surface area contributed by atoms with Gasteiger partial charge in [-0.05, 0) is 29.8 Å². The van der Waals surface area contributed by atoms with E-state index in [2.05, 4.69) is 4.98 Å². The van der Waals surface area contributed by atoms with E-state index in [0.29, 0.717) is 22.8 Å². The number of rotatable bonds is 5. The van der Waals surface area contributed by atoms with Crippen molar-refractivity contribution in [1.82, 2.24) is 4.98 Å². The smallest absolute Gasteiger partial charge is 0.311 e. The molecule has 1 atom stereocenters. The van der Waals surface area contributed by atoms with Crippen LogP contribution >= 0.6 is 11.6 Å². The highest BCUT2D eigenvalue weighted by atomic mass is 35.5. The Morgan fingerprint density at radius 1 is 1.40 bits per heavy atom. The van der Waals surface area contributed by atoms with Gasteiger partial charge in [-0.3, -0.25) is 9.78 Å². The van der Waals surface area contributed by atoms with Crippen LogP contribution in [0.4, 0.5) is 0 Å². The first kappa shape index (κ1) is 14.3. The zero-order chi connectivity index (χ0) is 14.5. The van der Waals surface area contributed by atoms with Crippen LogP contribution in [0.5, 0.6) is 5.75 Å². The number of aliphatic carboxylic acids is 1. The van der Waals surface area contributed by atoms with Gasteiger partial charge < -0.3 is 9.84 Å². The Morgan fingerprint density at radius 3 is 2.75 bits per heavy atom. The number of halogens is 1. The van der Waals surface area contributed by atoms with Gasteiger partial charge in [-0.1, -0.05) is 23.7 Å². The molecule has 0 aliphatic rings. The van der Waals surface area contributed by atoms with Crippen LogP contribution in [0.2, 0.25) is 5.02 Å². The summed E-state index contributed by atoms with van der Waals surface area (Å²) in [4.78, 5) is 15.6. The van der Waals surface area contributed by atoms with E-state index in [0.717, 1.165) is 5.69 Å². The lowest BCUT2D eigenvalue weighted by Crippen LogP contribution is -2.15. The Labute approximate surface area is 122 Å². The molecule has 0 radical (unpaired) electrons. The zero-order valence-electron chi connectivity index (χ0n) is 10.9. The van der Waals surface area contributed by atoms with Crippen molar-refractivity contribution in [1.29, 1.82) is 0 Å². The van der Waals surface area contributed by atoms with Gasteiger partial charge in [-0.15, -0.1) is 0 Å². The molecule has 2 aromatic rings. The summed E-state index contributed by atoms with van der Waals surface area (Å²) in [5.74, 6) is -1.07. The fourth-order valence-corrected chi connectivity index (χ4v) is 2.24. The normalized spacial score (nSPS) is 11.9. The number of benzene rings is 1. The van der Waals surface area contributed by atoms with Crippen LogP contribution in [-0.4, -0.2) is 23.2 Å². The molecule has 1 aromatic heterocycles. The maximum absolute atomic E-state index is 11.5. The van der Waals surface area contributed by atoms with Crippen molar-refractivity contribution in [3.63, 3.8) is 0 Å². The molecule has 20 heavy (non-hydrogen) atoms. The Kier molecular flexibility index (Phi) is 4.58. The SMILES string of the molecule is COc1ccc(C(Cc2ccccn2)C(=O)O)cc1Cl. The molecule has 1 N–H and O–H groups in total. The summed E-state index contributed by atoms with van der Waals surface area (Å²) < 4.78 is 5.07. The monoisotopic (exact) mass is 291 g/mol. The molecule has 0 spiro atoms. The molecule has 0 saturated carbocycles. The highest BCUT2D eigenvalue weighted by molar-refractivity contribution is 6.32. The van der Waals surface area contributed by atoms with E-state index in [9.17, 15) is 9.90 Å². The number of aromatic nitrogens is 1. The molecule has 2 rings (SSSR count). The van der Waals surface area contributed by atoms with E-state index in [1.54, 1.807) is 36.5 Å². The molecule has 1 heterocycles. The van der Waals surface area contributed by atoms with E-state index in [-0.39, 0.29) is 0 Å². The molecule has 0 aliphatic heterocycles. The quantitative estimate of drug-likeness (QED) is 0.919. The third kappa shape index (κ3) is 3.27. The summed E-state index contributed by atoms with van der Waals surface area (Å²) in [7, 11) is 1.52. The third-order valence-corrected chi connectivity index (χ3v) is 3.31. The number of carboxylic acids is 1. The van der Waals surface area contributed by atoms with E-state index in [1.807, 2.05) is 6.07 Å². The topological polar surface area (TPSA) is 59.4 Å². The summed E-state index contributed by atoms with van der Waals surface area (Å²) in [5, 5.41) is 9.80. The first-order valence-electron chi connectivity index (χ1n) is 6.08. The standard InChI is InChI=1S/C15H14ClNO3/c1-20-14-6-5-10(8-13(14)16)12(15(18)19)9-11-4-2-3-7-17-11/h2-8,12H,9H2,1H3,(H,18,19). The zero-order valence-corrected chi connectivity index (χ0v) is 11.7. The second-order valence-electron chi connectivity index (χ2n) is 4.31. The van der Waals surface area contributed by atoms with Gasteiger partial charge in [0.2, 0.25) is 0 Å². The van der Waals surface area contributed by atoms with Gasteiger partial charge in [0.25, 0.3) is 0 Å². The molecule has 104 valence electrons. The Bertz CT molecular complexity index is 601. The highest BCUT2D eigenvalue weighted by Crippen LogP contribution is 2.29. The van der Waals surface area contributed by atoms with Gasteiger partial charge in [-0.2, -0.15) is 0 Å². The van der Waals surface area contributed by atoms with Gasteiger partial charge in [-0.25, -0.2) is 0 Å². The summed E-state index contributed by atoms with van der Waals surface area (Å²) in [6.45, 7) is 0. The largest absolute Gasteiger partial charge is 0.495 e. The molecule has 0 bridgehead atoms. The van der Waals surface area contributed by atoms with Crippen LogP contribution in [0.25, 0.3) is 0 Å². The molecular formula is C15H14ClNO3. The van der Waals surface area contributed by atoms with E-state index >= 15 is 0 Å². The van der Waals surface area contributed by atoms with E-state index in [4.69, 9.17) is 16.3 Å². The third-order valence-electron chi connectivity index (χ3n) is 3.02. The first-order valence-corrected chi connectivity index (χ1v) is 6.45. The van der Waals surface area contributed by atoms with Gasteiger partial charge in [0.05, 0.1) is 18.1 Å². The maximum Gasteiger partial charge on any atom is 0.311 e. The Balaban J connectivity index is 2.29. The van der Waals surface area contributed by atoms with Crippen LogP contribution in [0.1, 0.15) is 17.2 Å². The number of hydrogen-bond acceptors (Lipinski definition) is 3. The van der Waals surface area contributed by atoms with Crippen molar-refractivity contribution in [2.45, 2.75) is 12.3 Å². The molecular weight excluding hydrogens is 278 g/mol. The van der Waals surface area contributed by atoms with E-state index < -0.39 is 11.9 Å². The van der Waals surface area contributed by atoms with Crippen molar-refractivity contribution in [3.05, 3.63) is 58.9 Å². The molecule has 1 aromatic carbocycles. The number of carboxylic acid groups (broad SMARTS) is 1. The Hall–Kier alpha value is -2.07. The number of carbonyl (C=O) groups is 1. The average Bonchev–Trinajstić information content (AvgIpc) is 2.45. The lowest BCUT2D eigenvalue weighted by atomic mass is 9.94. The lowest BCUT2D eigenvalue weighted by molar-refractivity contribution is -0.138. The number of pyridine rings is 1. The molecule has 0 aliphatic carbocycles. The maximum atomic E-state index is 11.5. The number of ether oxygens (including phenoxy) is 1. The van der Waals surface area contributed by atoms with Crippen LogP contribution in [0, 0.1) is 0 Å². The minimum atomic E-state index is -0.906. The minimum absolute atomic E-state index is 0.318. The fraction of sp³-hybridized carbons (Fsp3) is 0.200. The minimum Gasteiger partial charge on any atom is -0.495 e. The van der Waals surface area contributed by atoms with Crippen molar-refractivity contribution in [2.75, 3.05) is 7.11 Å². The summed E-state index contributed by atoms with van der Waals surface area (Å²) in [6, 6.07) is 10.5. The van der Waals surface area contributed by atoms with Gasteiger partial charge in [0, 0.05) is 18.3 Å². The first-order chi connectivity index (χ1) is 9.61. The highest BCUT2D eigenvalue weighted by Gasteiger charge is 2.21. The molecule has 0 saturated heterocycles. The van der Waals surface area contributed by atoms with Crippen molar-refractivity contribution >= 4 is 17.6 Å². The molecule has 1 unspecified atom stereocenters. The predicted molar refractivity (Wildman–Crippen MR) is 76.3 cm³/mol. The number of methoxy groups -OCH3 is 1. The van der Waals surface area contributed by atoms with Crippen molar-refractivity contribution in [3.8, 4) is 5.75 Å². The van der Waals surface area contributed by atoms with Crippen LogP contribution in [0.3, 0.4) is 0 Å². The van der Waals surface area contributed by atoms with Gasteiger partial charge in [0.15, 0.2) is 0 Å². The number of nitrogens with zero attached hydrogens (tertiary/aromatic N) is 1. The molecule has 4 nitrogen and oxygen atoms in total. The van der Waals surface area contributed by atoms with Gasteiger partial charge in [0.1, 0.15) is 5.75 Å². The van der Waals surface area contributed by atoms with Crippen LogP contribution in [0.15, 0.2) is 42.6 Å². The molecule has 0 amide bonds. The van der Waals surface area contributed by atoms with Crippen molar-refractivity contribution in [2.24, 2.45) is 0 Å². The predicted octanol–water partition coefficient (Wildman–Crippen LogP) is 3.15. The van der Waals surface area contributed by atoms with Crippen molar-refractivity contribution < 1.29 is 14.6 Å².